The van der Waals surface area contributed by atoms with Gasteiger partial charge in [0, 0.05) is 42.7 Å². The van der Waals surface area contributed by atoms with Crippen LogP contribution in [0, 0.1) is 0 Å². The molecule has 22 heteroatoms. The maximum absolute atomic E-state index is 13.1. The number of halogens is 1. The number of anilines is 1. The molecule has 2 saturated heterocycles. The first-order valence-electron chi connectivity index (χ1n) is 19.5. The lowest BCUT2D eigenvalue weighted by Gasteiger charge is -2.28. The quantitative estimate of drug-likeness (QED) is 0.0978. The van der Waals surface area contributed by atoms with Gasteiger partial charge in [-0.05, 0) is 72.0 Å². The summed E-state index contributed by atoms with van der Waals surface area (Å²) >= 11 is 5.81. The first kappa shape index (κ1) is 39.3. The minimum atomic E-state index is -1.62. The maximum atomic E-state index is 13.1. The number of carbonyl (C=O) groups is 6. The van der Waals surface area contributed by atoms with Crippen LogP contribution in [0.4, 0.5) is 15.5 Å². The second-order valence-corrected chi connectivity index (χ2v) is 15.8. The van der Waals surface area contributed by atoms with Gasteiger partial charge in [0.1, 0.15) is 23.0 Å². The maximum Gasteiger partial charge on any atom is 0.322 e. The Balaban J connectivity index is 0.000000150. The minimum absolute atomic E-state index is 0.0172. The molecular formula is C41H34ClN11O10. The summed E-state index contributed by atoms with van der Waals surface area (Å²) in [5, 5.41) is 14.0. The number of fused-ring (bicyclic) bond motifs is 4. The lowest BCUT2D eigenvalue weighted by atomic mass is 9.95. The lowest BCUT2D eigenvalue weighted by molar-refractivity contribution is -0.126. The Morgan fingerprint density at radius 1 is 0.714 bits per heavy atom. The van der Waals surface area contributed by atoms with E-state index in [9.17, 15) is 28.8 Å². The number of methoxy groups -OCH3 is 2. The molecule has 63 heavy (non-hydrogen) atoms. The third-order valence-electron chi connectivity index (χ3n) is 11.4. The molecule has 320 valence electrons. The van der Waals surface area contributed by atoms with Crippen molar-refractivity contribution in [2.45, 2.75) is 43.1 Å². The number of rotatable bonds is 10. The summed E-state index contributed by atoms with van der Waals surface area (Å²) in [7, 11) is 3.05. The van der Waals surface area contributed by atoms with Gasteiger partial charge >= 0.3 is 12.1 Å². The molecule has 11 rings (SSSR count). The molecule has 4 aliphatic heterocycles. The molecule has 0 bridgehead atoms. The van der Waals surface area contributed by atoms with Gasteiger partial charge < -0.3 is 44.1 Å². The lowest BCUT2D eigenvalue weighted by Crippen LogP contribution is -2.52. The molecule has 2 aromatic carbocycles. The van der Waals surface area contributed by atoms with Gasteiger partial charge in [0.2, 0.25) is 22.7 Å². The van der Waals surface area contributed by atoms with Crippen molar-refractivity contribution in [3.05, 3.63) is 100.0 Å². The molecule has 1 saturated carbocycles. The van der Waals surface area contributed by atoms with Crippen molar-refractivity contribution in [1.82, 2.24) is 51.0 Å². The van der Waals surface area contributed by atoms with Gasteiger partial charge in [-0.1, -0.05) is 12.1 Å². The second-order valence-electron chi connectivity index (χ2n) is 15.5. The molecule has 1 aliphatic carbocycles. The Bertz CT molecular complexity index is 2970. The van der Waals surface area contributed by atoms with Gasteiger partial charge in [0.15, 0.2) is 11.1 Å². The molecule has 4 aromatic heterocycles. The van der Waals surface area contributed by atoms with E-state index in [-0.39, 0.29) is 59.7 Å². The normalized spacial score (nSPS) is 21.2. The molecule has 8 amide bonds. The molecule has 5 aliphatic rings. The molecule has 21 nitrogen and oxygen atoms in total. The number of aromatic nitrogens is 4. The highest BCUT2D eigenvalue weighted by Gasteiger charge is 2.54. The Hall–Kier alpha value is -7.81. The Morgan fingerprint density at radius 2 is 1.21 bits per heavy atom. The third-order valence-corrected chi connectivity index (χ3v) is 11.6. The van der Waals surface area contributed by atoms with Crippen molar-refractivity contribution < 1.29 is 47.1 Å². The number of ether oxygens (including phenoxy) is 2. The average Bonchev–Trinajstić information content (AvgIpc) is 3.64. The van der Waals surface area contributed by atoms with Crippen LogP contribution in [0.2, 0.25) is 5.28 Å². The van der Waals surface area contributed by atoms with Crippen molar-refractivity contribution in [2.24, 2.45) is 0 Å². The van der Waals surface area contributed by atoms with E-state index in [0.717, 1.165) is 24.0 Å². The van der Waals surface area contributed by atoms with Gasteiger partial charge in [-0.3, -0.25) is 29.8 Å². The largest absolute Gasteiger partial charge is 0.497 e. The number of nitrogens with zero attached hydrogens (tertiary/aromatic N) is 6. The summed E-state index contributed by atoms with van der Waals surface area (Å²) < 4.78 is 22.1. The number of benzene rings is 2. The van der Waals surface area contributed by atoms with Crippen molar-refractivity contribution in [1.29, 1.82) is 0 Å². The zero-order valence-corrected chi connectivity index (χ0v) is 34.0. The number of imide groups is 2. The SMILES string of the molecule is COc1ccc2c(c1)C(=O)N(C[C@@]1(c3cc4cnc(Cl)nc4o3)NC(=O)NC1=O)C2.COc1ccc2c(c1)C(=O)N(C[C@@]1(c3cc4cnc(NC5CC5)nc4o3)NC(=O)NC1=O)C2. The third kappa shape index (κ3) is 6.81. The van der Waals surface area contributed by atoms with Crippen LogP contribution in [0.3, 0.4) is 0 Å². The smallest absolute Gasteiger partial charge is 0.322 e. The molecule has 5 N–H and O–H groups in total. The number of furan rings is 2. The van der Waals surface area contributed by atoms with E-state index >= 15 is 0 Å². The van der Waals surface area contributed by atoms with Gasteiger partial charge in [0.25, 0.3) is 23.6 Å². The van der Waals surface area contributed by atoms with E-state index in [0.29, 0.717) is 51.9 Å². The highest BCUT2D eigenvalue weighted by Crippen LogP contribution is 2.37. The van der Waals surface area contributed by atoms with Crippen LogP contribution in [-0.2, 0) is 33.8 Å². The van der Waals surface area contributed by atoms with Crippen molar-refractivity contribution >= 4 is 75.4 Å². The molecule has 0 unspecified atom stereocenters. The van der Waals surface area contributed by atoms with E-state index in [4.69, 9.17) is 29.9 Å². The van der Waals surface area contributed by atoms with Crippen molar-refractivity contribution in [3.8, 4) is 11.5 Å². The zero-order valence-electron chi connectivity index (χ0n) is 33.2. The Morgan fingerprint density at radius 3 is 1.67 bits per heavy atom. The van der Waals surface area contributed by atoms with E-state index in [1.165, 1.54) is 30.2 Å². The van der Waals surface area contributed by atoms with Crippen LogP contribution in [0.5, 0.6) is 11.5 Å². The highest BCUT2D eigenvalue weighted by atomic mass is 35.5. The number of carbonyl (C=O) groups excluding carboxylic acids is 6. The van der Waals surface area contributed by atoms with Gasteiger partial charge in [-0.2, -0.15) is 9.97 Å². The van der Waals surface area contributed by atoms with Crippen LogP contribution in [0.25, 0.3) is 22.2 Å². The number of amides is 8. The topological polar surface area (TPSA) is 265 Å². The average molecular weight is 876 g/mol. The fraction of sp³-hybridized carbons (Fsp3) is 0.268. The summed E-state index contributed by atoms with van der Waals surface area (Å²) in [5.74, 6) is 0.0949. The molecular weight excluding hydrogens is 842 g/mol. The van der Waals surface area contributed by atoms with Gasteiger partial charge in [-0.15, -0.1) is 0 Å². The van der Waals surface area contributed by atoms with E-state index in [2.05, 4.69) is 46.5 Å². The summed E-state index contributed by atoms with van der Waals surface area (Å²) in [4.78, 5) is 95.7. The number of hydrogen-bond donors (Lipinski definition) is 5. The van der Waals surface area contributed by atoms with Crippen LogP contribution in [0.1, 0.15) is 56.2 Å². The molecule has 0 radical (unpaired) electrons. The molecule has 6 aromatic rings. The predicted molar refractivity (Wildman–Crippen MR) is 217 cm³/mol. The Kier molecular flexibility index (Phi) is 9.17. The molecule has 0 spiro atoms. The van der Waals surface area contributed by atoms with E-state index in [1.54, 1.807) is 48.7 Å². The predicted octanol–water partition coefficient (Wildman–Crippen LogP) is 3.07. The van der Waals surface area contributed by atoms with Crippen LogP contribution in [-0.4, -0.2) is 98.8 Å². The molecule has 8 heterocycles. The van der Waals surface area contributed by atoms with E-state index in [1.807, 2.05) is 6.07 Å². The fourth-order valence-corrected chi connectivity index (χ4v) is 8.14. The first-order chi connectivity index (χ1) is 30.3. The minimum Gasteiger partial charge on any atom is -0.497 e. The summed E-state index contributed by atoms with van der Waals surface area (Å²) in [5.41, 5.74) is -0.168. The first-order valence-corrected chi connectivity index (χ1v) is 19.9. The molecule has 2 atom stereocenters. The standard InChI is InChI=1S/C22H20N6O5.C19H14ClN5O5/c1-32-14-5-2-11-9-28(18(29)15(11)7-14)10-22(19(30)26-21(31)27-22)16-6-12-8-23-20(24-13-3-4-13)25-17(12)33-16;1-29-11-3-2-9-7-25(15(26)12(9)5-11)8-19(16(27)23-18(28)24-19)13-4-10-6-21-17(20)22-14(10)30-13/h2,5-8,13H,3-4,9-10H2,1H3,(H,23,24,25)(H2,26,27,30,31);2-6H,7-8H2,1H3,(H2,23,24,27,28)/t22-;19-/m00/s1. The molecule has 3 fully saturated rings. The summed E-state index contributed by atoms with van der Waals surface area (Å²) in [6, 6.07) is 12.7. The van der Waals surface area contributed by atoms with Crippen LogP contribution in [0.15, 0.2) is 69.8 Å². The zero-order chi connectivity index (χ0) is 43.8. The number of hydrogen-bond acceptors (Lipinski definition) is 15. The Labute approximate surface area is 359 Å². The van der Waals surface area contributed by atoms with Gasteiger partial charge in [-0.25, -0.2) is 19.6 Å². The van der Waals surface area contributed by atoms with Gasteiger partial charge in [0.05, 0.1) is 38.1 Å². The number of nitrogens with one attached hydrogen (secondary N) is 5. The summed E-state index contributed by atoms with van der Waals surface area (Å²) in [6.45, 7) is 0.315. The van der Waals surface area contributed by atoms with E-state index < -0.39 is 35.0 Å². The summed E-state index contributed by atoms with van der Waals surface area (Å²) in [6.07, 6.45) is 5.19. The van der Waals surface area contributed by atoms with Crippen molar-refractivity contribution in [2.75, 3.05) is 32.6 Å². The monoisotopic (exact) mass is 875 g/mol. The highest BCUT2D eigenvalue weighted by molar-refractivity contribution is 6.28. The van der Waals surface area contributed by atoms with Crippen LogP contribution < -0.4 is 36.1 Å². The van der Waals surface area contributed by atoms with Crippen LogP contribution >= 0.6 is 11.6 Å². The fourth-order valence-electron chi connectivity index (χ4n) is 8.01. The second kappa shape index (κ2) is 14.7. The number of urea groups is 2. The van der Waals surface area contributed by atoms with Crippen molar-refractivity contribution in [3.63, 3.8) is 0 Å².